The summed E-state index contributed by atoms with van der Waals surface area (Å²) >= 11 is 1.61. The van der Waals surface area contributed by atoms with E-state index in [1.807, 2.05) is 31.2 Å². The Balaban J connectivity index is 1.91. The predicted octanol–water partition coefficient (Wildman–Crippen LogP) is 2.35. The van der Waals surface area contributed by atoms with Crippen LogP contribution < -0.4 is 9.64 Å². The van der Waals surface area contributed by atoms with Crippen molar-refractivity contribution in [2.45, 2.75) is 19.0 Å². The molecular formula is C16H20N2O3S2. The van der Waals surface area contributed by atoms with Gasteiger partial charge in [-0.3, -0.25) is 4.99 Å². The summed E-state index contributed by atoms with van der Waals surface area (Å²) in [5.41, 5.74) is 2.01. The second-order valence-corrected chi connectivity index (χ2v) is 9.03. The lowest BCUT2D eigenvalue weighted by molar-refractivity contribution is 0.415. The number of hydrogen-bond donors (Lipinski definition) is 0. The normalized spacial score (nSPS) is 25.1. The van der Waals surface area contributed by atoms with Crippen molar-refractivity contribution in [3.63, 3.8) is 0 Å². The number of sulfone groups is 1. The number of fused-ring (bicyclic) bond motifs is 1. The van der Waals surface area contributed by atoms with Gasteiger partial charge in [0.1, 0.15) is 5.75 Å². The first kappa shape index (κ1) is 16.4. The number of aliphatic imine (C=N–C) groups is 1. The molecule has 0 spiro atoms. The maximum absolute atomic E-state index is 12.0. The van der Waals surface area contributed by atoms with Crippen molar-refractivity contribution >= 4 is 32.5 Å². The summed E-state index contributed by atoms with van der Waals surface area (Å²) in [5.74, 6) is 1.85. The van der Waals surface area contributed by atoms with Crippen LogP contribution in [0.5, 0.6) is 5.75 Å². The lowest BCUT2D eigenvalue weighted by atomic mass is 10.1. The highest BCUT2D eigenvalue weighted by Crippen LogP contribution is 2.35. The molecule has 1 saturated heterocycles. The molecule has 0 aliphatic carbocycles. The Bertz CT molecular complexity index is 741. The zero-order chi connectivity index (χ0) is 16.6. The molecule has 2 heterocycles. The number of thioether (sulfide) groups is 1. The molecule has 0 N–H and O–H groups in total. The predicted molar refractivity (Wildman–Crippen MR) is 96.4 cm³/mol. The SMILES string of the molecule is C=C(C)CSC1=N[C@@H]2CS(=O)(=O)C[C@@H]2N1c1ccc(OC)cc1. The molecular weight excluding hydrogens is 332 g/mol. The molecule has 1 fully saturated rings. The van der Waals surface area contributed by atoms with E-state index in [9.17, 15) is 8.42 Å². The molecule has 124 valence electrons. The molecule has 0 radical (unpaired) electrons. The van der Waals surface area contributed by atoms with Gasteiger partial charge in [0.15, 0.2) is 15.0 Å². The van der Waals surface area contributed by atoms with Crippen LogP contribution in [0.2, 0.25) is 0 Å². The van der Waals surface area contributed by atoms with Crippen LogP contribution in [0.15, 0.2) is 41.4 Å². The topological polar surface area (TPSA) is 59.0 Å². The van der Waals surface area contributed by atoms with Crippen LogP contribution in [0.1, 0.15) is 6.92 Å². The average molecular weight is 352 g/mol. The van der Waals surface area contributed by atoms with Crippen LogP contribution >= 0.6 is 11.8 Å². The molecule has 7 heteroatoms. The first-order chi connectivity index (χ1) is 10.9. The Morgan fingerprint density at radius 3 is 2.70 bits per heavy atom. The molecule has 0 bridgehead atoms. The van der Waals surface area contributed by atoms with Gasteiger partial charge >= 0.3 is 0 Å². The summed E-state index contributed by atoms with van der Waals surface area (Å²) in [6.45, 7) is 5.90. The highest BCUT2D eigenvalue weighted by atomic mass is 32.2. The molecule has 1 aromatic rings. The maximum atomic E-state index is 12.0. The first-order valence-corrected chi connectivity index (χ1v) is 10.2. The second-order valence-electron chi connectivity index (χ2n) is 5.94. The number of methoxy groups -OCH3 is 1. The fourth-order valence-corrected chi connectivity index (χ4v) is 5.68. The molecule has 2 atom stereocenters. The maximum Gasteiger partial charge on any atom is 0.164 e. The number of nitrogens with zero attached hydrogens (tertiary/aromatic N) is 2. The van der Waals surface area contributed by atoms with Crippen LogP contribution in [-0.4, -0.2) is 50.0 Å². The molecule has 0 aromatic heterocycles. The monoisotopic (exact) mass is 352 g/mol. The third kappa shape index (κ3) is 3.40. The van der Waals surface area contributed by atoms with E-state index < -0.39 is 9.84 Å². The quantitative estimate of drug-likeness (QED) is 0.779. The van der Waals surface area contributed by atoms with Crippen LogP contribution in [-0.2, 0) is 9.84 Å². The Hall–Kier alpha value is -1.47. The molecule has 0 unspecified atom stereocenters. The lowest BCUT2D eigenvalue weighted by Gasteiger charge is -2.26. The molecule has 23 heavy (non-hydrogen) atoms. The molecule has 0 amide bonds. The Labute approximate surface area is 141 Å². The number of anilines is 1. The minimum Gasteiger partial charge on any atom is -0.497 e. The van der Waals surface area contributed by atoms with Crippen LogP contribution in [0, 0.1) is 0 Å². The van der Waals surface area contributed by atoms with Gasteiger partial charge in [-0.1, -0.05) is 23.9 Å². The Morgan fingerprint density at radius 2 is 2.09 bits per heavy atom. The standard InChI is InChI=1S/C16H20N2O3S2/c1-11(2)8-22-16-17-14-9-23(19,20)10-15(14)18(16)12-4-6-13(21-3)7-5-12/h4-7,14-15H,1,8-10H2,2-3H3/t14-,15+/m1/s1. The number of amidine groups is 1. The Kier molecular flexibility index (Phi) is 4.42. The zero-order valence-electron chi connectivity index (χ0n) is 13.2. The van der Waals surface area contributed by atoms with Gasteiger partial charge in [-0.05, 0) is 31.2 Å². The number of rotatable bonds is 4. The van der Waals surface area contributed by atoms with E-state index in [1.54, 1.807) is 18.9 Å². The van der Waals surface area contributed by atoms with Crippen LogP contribution in [0.3, 0.4) is 0 Å². The fourth-order valence-electron chi connectivity index (χ4n) is 2.87. The highest BCUT2D eigenvalue weighted by Gasteiger charge is 2.47. The van der Waals surface area contributed by atoms with Crippen molar-refractivity contribution < 1.29 is 13.2 Å². The summed E-state index contributed by atoms with van der Waals surface area (Å²) in [5, 5.41) is 0.878. The van der Waals surface area contributed by atoms with Gasteiger partial charge in [0, 0.05) is 11.4 Å². The van der Waals surface area contributed by atoms with E-state index in [0.29, 0.717) is 0 Å². The molecule has 2 aliphatic heterocycles. The number of ether oxygens (including phenoxy) is 1. The summed E-state index contributed by atoms with van der Waals surface area (Å²) in [6.07, 6.45) is 0. The molecule has 1 aromatic carbocycles. The van der Waals surface area contributed by atoms with Crippen molar-refractivity contribution in [1.82, 2.24) is 0 Å². The van der Waals surface area contributed by atoms with Crippen LogP contribution in [0.4, 0.5) is 5.69 Å². The van der Waals surface area contributed by atoms with Gasteiger partial charge in [-0.25, -0.2) is 8.42 Å². The third-order valence-electron chi connectivity index (χ3n) is 3.91. The van der Waals surface area contributed by atoms with E-state index in [4.69, 9.17) is 4.74 Å². The van der Waals surface area contributed by atoms with Gasteiger partial charge in [0.2, 0.25) is 0 Å². The highest BCUT2D eigenvalue weighted by molar-refractivity contribution is 8.14. The summed E-state index contributed by atoms with van der Waals surface area (Å²) in [7, 11) is -1.39. The largest absolute Gasteiger partial charge is 0.497 e. The van der Waals surface area contributed by atoms with E-state index in [0.717, 1.165) is 27.9 Å². The molecule has 5 nitrogen and oxygen atoms in total. The second kappa shape index (κ2) is 6.20. The summed E-state index contributed by atoms with van der Waals surface area (Å²) in [4.78, 5) is 6.73. The van der Waals surface area contributed by atoms with Gasteiger partial charge in [0.25, 0.3) is 0 Å². The number of hydrogen-bond acceptors (Lipinski definition) is 6. The van der Waals surface area contributed by atoms with Crippen molar-refractivity contribution in [2.24, 2.45) is 4.99 Å². The zero-order valence-corrected chi connectivity index (χ0v) is 14.9. The van der Waals surface area contributed by atoms with Gasteiger partial charge in [0.05, 0.1) is 30.7 Å². The van der Waals surface area contributed by atoms with Crippen molar-refractivity contribution in [2.75, 3.05) is 29.3 Å². The van der Waals surface area contributed by atoms with Crippen molar-refractivity contribution in [1.29, 1.82) is 0 Å². The van der Waals surface area contributed by atoms with E-state index in [-0.39, 0.29) is 23.6 Å². The van der Waals surface area contributed by atoms with Gasteiger partial charge in [-0.2, -0.15) is 0 Å². The Morgan fingerprint density at radius 1 is 1.39 bits per heavy atom. The fraction of sp³-hybridized carbons (Fsp3) is 0.438. The van der Waals surface area contributed by atoms with Crippen molar-refractivity contribution in [3.05, 3.63) is 36.4 Å². The average Bonchev–Trinajstić information content (AvgIpc) is 2.96. The van der Waals surface area contributed by atoms with E-state index >= 15 is 0 Å². The first-order valence-electron chi connectivity index (χ1n) is 7.38. The molecule has 3 rings (SSSR count). The van der Waals surface area contributed by atoms with Gasteiger partial charge in [-0.15, -0.1) is 0 Å². The third-order valence-corrected chi connectivity index (χ3v) is 6.80. The van der Waals surface area contributed by atoms with E-state index in [2.05, 4.69) is 16.5 Å². The lowest BCUT2D eigenvalue weighted by Crippen LogP contribution is -2.39. The van der Waals surface area contributed by atoms with Crippen molar-refractivity contribution in [3.8, 4) is 5.75 Å². The smallest absolute Gasteiger partial charge is 0.164 e. The number of benzene rings is 1. The molecule has 2 aliphatic rings. The van der Waals surface area contributed by atoms with Crippen LogP contribution in [0.25, 0.3) is 0 Å². The van der Waals surface area contributed by atoms with E-state index in [1.165, 1.54) is 0 Å². The minimum absolute atomic E-state index is 0.110. The summed E-state index contributed by atoms with van der Waals surface area (Å²) < 4.78 is 29.1. The summed E-state index contributed by atoms with van der Waals surface area (Å²) in [6, 6.07) is 7.38. The molecule has 0 saturated carbocycles. The van der Waals surface area contributed by atoms with Gasteiger partial charge < -0.3 is 9.64 Å². The minimum atomic E-state index is -3.01.